The normalized spacial score (nSPS) is 12.2. The number of benzene rings is 1. The molecular weight excluding hydrogens is 255 g/mol. The summed E-state index contributed by atoms with van der Waals surface area (Å²) in [5.74, 6) is -0.0761. The van der Waals surface area contributed by atoms with E-state index in [-0.39, 0.29) is 17.6 Å². The van der Waals surface area contributed by atoms with Crippen molar-refractivity contribution in [2.45, 2.75) is 25.8 Å². The fourth-order valence-electron chi connectivity index (χ4n) is 1.93. The highest BCUT2D eigenvalue weighted by Crippen LogP contribution is 2.21. The third-order valence-corrected chi connectivity index (χ3v) is 3.10. The van der Waals surface area contributed by atoms with E-state index in [1.54, 1.807) is 24.5 Å². The van der Waals surface area contributed by atoms with Gasteiger partial charge in [0.15, 0.2) is 11.6 Å². The van der Waals surface area contributed by atoms with E-state index in [9.17, 15) is 4.39 Å². The molecule has 3 nitrogen and oxygen atoms in total. The highest BCUT2D eigenvalue weighted by atomic mass is 19.1. The zero-order chi connectivity index (χ0) is 14.4. The molecule has 1 aromatic carbocycles. The molecule has 0 radical (unpaired) electrons. The summed E-state index contributed by atoms with van der Waals surface area (Å²) in [5, 5.41) is 0. The Balaban J connectivity index is 1.82. The molecule has 0 bridgehead atoms. The lowest BCUT2D eigenvalue weighted by atomic mass is 10.1. The number of nitrogens with zero attached hydrogens (tertiary/aromatic N) is 1. The summed E-state index contributed by atoms with van der Waals surface area (Å²) >= 11 is 0. The molecule has 20 heavy (non-hydrogen) atoms. The van der Waals surface area contributed by atoms with Gasteiger partial charge in [0.05, 0.1) is 6.61 Å². The maximum atomic E-state index is 13.8. The van der Waals surface area contributed by atoms with E-state index in [0.29, 0.717) is 6.61 Å². The summed E-state index contributed by atoms with van der Waals surface area (Å²) in [6.45, 7) is 2.31. The van der Waals surface area contributed by atoms with Gasteiger partial charge in [0.25, 0.3) is 0 Å². The minimum atomic E-state index is -0.358. The smallest absolute Gasteiger partial charge is 0.165 e. The van der Waals surface area contributed by atoms with Gasteiger partial charge in [-0.1, -0.05) is 6.07 Å². The lowest BCUT2D eigenvalue weighted by Gasteiger charge is -2.10. The molecule has 0 saturated carbocycles. The molecular formula is C16H19FN2O. The number of hydrogen-bond donors (Lipinski definition) is 1. The molecule has 0 fully saturated rings. The molecule has 0 spiro atoms. The van der Waals surface area contributed by atoms with E-state index in [4.69, 9.17) is 10.5 Å². The molecule has 0 saturated heterocycles. The van der Waals surface area contributed by atoms with Gasteiger partial charge in [-0.05, 0) is 55.2 Å². The number of rotatable bonds is 6. The molecule has 1 atom stereocenters. The van der Waals surface area contributed by atoms with Crippen molar-refractivity contribution in [3.05, 3.63) is 59.7 Å². The summed E-state index contributed by atoms with van der Waals surface area (Å²) in [5.41, 5.74) is 7.68. The average Bonchev–Trinajstić information content (AvgIpc) is 2.46. The van der Waals surface area contributed by atoms with Crippen LogP contribution in [0.1, 0.15) is 30.5 Å². The van der Waals surface area contributed by atoms with E-state index < -0.39 is 0 Å². The lowest BCUT2D eigenvalue weighted by molar-refractivity contribution is 0.295. The fourth-order valence-corrected chi connectivity index (χ4v) is 1.93. The number of ether oxygens (including phenoxy) is 1. The van der Waals surface area contributed by atoms with E-state index >= 15 is 0 Å². The fraction of sp³-hybridized carbons (Fsp3) is 0.312. The van der Waals surface area contributed by atoms with Gasteiger partial charge >= 0.3 is 0 Å². The van der Waals surface area contributed by atoms with Gasteiger partial charge in [-0.3, -0.25) is 4.98 Å². The van der Waals surface area contributed by atoms with Crippen LogP contribution in [0.15, 0.2) is 42.7 Å². The standard InChI is InChI=1S/C16H19FN2O/c1-12(18)14-4-5-16(15(17)11-14)20-10-2-3-13-6-8-19-9-7-13/h4-9,11-12H,2-3,10,18H2,1H3. The van der Waals surface area contributed by atoms with E-state index in [0.717, 1.165) is 18.4 Å². The van der Waals surface area contributed by atoms with Crippen molar-refractivity contribution in [3.63, 3.8) is 0 Å². The first-order chi connectivity index (χ1) is 9.66. The Hall–Kier alpha value is -1.94. The van der Waals surface area contributed by atoms with Gasteiger partial charge < -0.3 is 10.5 Å². The molecule has 0 amide bonds. The second-order valence-electron chi connectivity index (χ2n) is 4.79. The van der Waals surface area contributed by atoms with Crippen LogP contribution in [0.4, 0.5) is 4.39 Å². The summed E-state index contributed by atoms with van der Waals surface area (Å²) in [6.07, 6.45) is 5.26. The highest BCUT2D eigenvalue weighted by Gasteiger charge is 2.07. The third-order valence-electron chi connectivity index (χ3n) is 3.10. The van der Waals surface area contributed by atoms with Crippen LogP contribution in [0.3, 0.4) is 0 Å². The van der Waals surface area contributed by atoms with Crippen molar-refractivity contribution in [1.82, 2.24) is 4.98 Å². The first-order valence-corrected chi connectivity index (χ1v) is 6.73. The largest absolute Gasteiger partial charge is 0.491 e. The number of hydrogen-bond acceptors (Lipinski definition) is 3. The number of nitrogens with two attached hydrogens (primary N) is 1. The SMILES string of the molecule is CC(N)c1ccc(OCCCc2ccncc2)c(F)c1. The van der Waals surface area contributed by atoms with Gasteiger partial charge in [-0.25, -0.2) is 4.39 Å². The number of aromatic nitrogens is 1. The van der Waals surface area contributed by atoms with Crippen molar-refractivity contribution >= 4 is 0 Å². The Morgan fingerprint density at radius 1 is 1.25 bits per heavy atom. The minimum Gasteiger partial charge on any atom is -0.491 e. The molecule has 2 rings (SSSR count). The maximum absolute atomic E-state index is 13.8. The van der Waals surface area contributed by atoms with Crippen LogP contribution >= 0.6 is 0 Å². The molecule has 1 aromatic heterocycles. The topological polar surface area (TPSA) is 48.1 Å². The first-order valence-electron chi connectivity index (χ1n) is 6.73. The Morgan fingerprint density at radius 2 is 2.00 bits per heavy atom. The molecule has 1 unspecified atom stereocenters. The van der Waals surface area contributed by atoms with Crippen LogP contribution in [0, 0.1) is 5.82 Å². The van der Waals surface area contributed by atoms with Gasteiger partial charge in [0.1, 0.15) is 0 Å². The Morgan fingerprint density at radius 3 is 2.65 bits per heavy atom. The van der Waals surface area contributed by atoms with E-state index in [2.05, 4.69) is 4.98 Å². The molecule has 2 aromatic rings. The van der Waals surface area contributed by atoms with Crippen molar-refractivity contribution in [1.29, 1.82) is 0 Å². The lowest BCUT2D eigenvalue weighted by Crippen LogP contribution is -2.06. The van der Waals surface area contributed by atoms with Crippen LogP contribution in [0.25, 0.3) is 0 Å². The van der Waals surface area contributed by atoms with Crippen LogP contribution in [0.5, 0.6) is 5.75 Å². The molecule has 0 aliphatic carbocycles. The van der Waals surface area contributed by atoms with Crippen molar-refractivity contribution in [3.8, 4) is 5.75 Å². The van der Waals surface area contributed by atoms with Gasteiger partial charge in [-0.2, -0.15) is 0 Å². The highest BCUT2D eigenvalue weighted by molar-refractivity contribution is 5.30. The molecule has 1 heterocycles. The van der Waals surface area contributed by atoms with Crippen LogP contribution < -0.4 is 10.5 Å². The minimum absolute atomic E-state index is 0.176. The average molecular weight is 274 g/mol. The monoisotopic (exact) mass is 274 g/mol. The second kappa shape index (κ2) is 7.01. The Kier molecular flexibility index (Phi) is 5.07. The predicted octanol–water partition coefficient (Wildman–Crippen LogP) is 3.25. The number of pyridine rings is 1. The van der Waals surface area contributed by atoms with Crippen LogP contribution in [-0.4, -0.2) is 11.6 Å². The van der Waals surface area contributed by atoms with Crippen LogP contribution in [-0.2, 0) is 6.42 Å². The Labute approximate surface area is 118 Å². The van der Waals surface area contributed by atoms with Gasteiger partial charge in [-0.15, -0.1) is 0 Å². The quantitative estimate of drug-likeness (QED) is 0.823. The first kappa shape index (κ1) is 14.5. The van der Waals surface area contributed by atoms with Crippen molar-refractivity contribution in [2.24, 2.45) is 5.73 Å². The molecule has 2 N–H and O–H groups in total. The number of halogens is 1. The second-order valence-corrected chi connectivity index (χ2v) is 4.79. The zero-order valence-electron chi connectivity index (χ0n) is 11.6. The van der Waals surface area contributed by atoms with Gasteiger partial charge in [0, 0.05) is 18.4 Å². The molecule has 0 aliphatic rings. The van der Waals surface area contributed by atoms with E-state index in [1.807, 2.05) is 19.1 Å². The summed E-state index contributed by atoms with van der Waals surface area (Å²) < 4.78 is 19.2. The summed E-state index contributed by atoms with van der Waals surface area (Å²) in [7, 11) is 0. The van der Waals surface area contributed by atoms with Crippen LogP contribution in [0.2, 0.25) is 0 Å². The molecule has 0 aliphatic heterocycles. The predicted molar refractivity (Wildman–Crippen MR) is 77.1 cm³/mol. The Bertz CT molecular complexity index is 543. The number of aryl methyl sites for hydroxylation is 1. The van der Waals surface area contributed by atoms with Crippen molar-refractivity contribution < 1.29 is 9.13 Å². The summed E-state index contributed by atoms with van der Waals surface area (Å²) in [4.78, 5) is 3.96. The third kappa shape index (κ3) is 4.03. The van der Waals surface area contributed by atoms with Gasteiger partial charge in [0.2, 0.25) is 0 Å². The van der Waals surface area contributed by atoms with Crippen molar-refractivity contribution in [2.75, 3.05) is 6.61 Å². The maximum Gasteiger partial charge on any atom is 0.165 e. The molecule has 4 heteroatoms. The summed E-state index contributed by atoms with van der Waals surface area (Å²) in [6, 6.07) is 8.64. The van der Waals surface area contributed by atoms with E-state index in [1.165, 1.54) is 11.6 Å². The zero-order valence-corrected chi connectivity index (χ0v) is 11.6. The molecule has 106 valence electrons.